The number of thiocarbonyl (C=S) groups is 1. The number of benzene rings is 2. The van der Waals surface area contributed by atoms with E-state index in [1.165, 1.54) is 17.0 Å². The Morgan fingerprint density at radius 3 is 2.28 bits per heavy atom. The molecule has 6 heteroatoms. The van der Waals surface area contributed by atoms with E-state index in [9.17, 15) is 9.59 Å². The second-order valence-electron chi connectivity index (χ2n) is 5.80. The van der Waals surface area contributed by atoms with Gasteiger partial charge < -0.3 is 10.4 Å². The van der Waals surface area contributed by atoms with E-state index in [1.54, 1.807) is 18.2 Å². The van der Waals surface area contributed by atoms with Gasteiger partial charge in [-0.25, -0.2) is 4.79 Å². The molecule has 1 aliphatic heterocycles. The predicted octanol–water partition coefficient (Wildman–Crippen LogP) is 3.26. The van der Waals surface area contributed by atoms with Crippen LogP contribution in [-0.4, -0.2) is 22.1 Å². The Balaban J connectivity index is 1.94. The van der Waals surface area contributed by atoms with Crippen molar-refractivity contribution in [2.45, 2.75) is 13.8 Å². The van der Waals surface area contributed by atoms with Crippen molar-refractivity contribution >= 4 is 41.0 Å². The van der Waals surface area contributed by atoms with Crippen molar-refractivity contribution in [3.05, 3.63) is 70.4 Å². The van der Waals surface area contributed by atoms with Crippen LogP contribution in [0.1, 0.15) is 27.0 Å². The number of nitrogens with one attached hydrogen (secondary N) is 1. The maximum absolute atomic E-state index is 12.8. The molecule has 1 heterocycles. The van der Waals surface area contributed by atoms with E-state index in [-0.39, 0.29) is 11.5 Å². The number of amides is 1. The van der Waals surface area contributed by atoms with Gasteiger partial charge in [-0.2, -0.15) is 0 Å². The van der Waals surface area contributed by atoms with Crippen molar-refractivity contribution in [3.63, 3.8) is 0 Å². The molecule has 0 spiro atoms. The Morgan fingerprint density at radius 1 is 1.12 bits per heavy atom. The lowest BCUT2D eigenvalue weighted by atomic mass is 10.1. The second-order valence-corrected chi connectivity index (χ2v) is 6.18. The van der Waals surface area contributed by atoms with Gasteiger partial charge in [-0.05, 0) is 61.0 Å². The minimum absolute atomic E-state index is 0.195. The van der Waals surface area contributed by atoms with Crippen LogP contribution < -0.4 is 10.2 Å². The molecule has 1 amide bonds. The number of aryl methyl sites for hydroxylation is 2. The third-order valence-corrected chi connectivity index (χ3v) is 4.29. The molecule has 0 aliphatic carbocycles. The van der Waals surface area contributed by atoms with Crippen molar-refractivity contribution in [3.8, 4) is 0 Å². The van der Waals surface area contributed by atoms with E-state index in [1.807, 2.05) is 32.0 Å². The van der Waals surface area contributed by atoms with Crippen LogP contribution in [-0.2, 0) is 4.79 Å². The van der Waals surface area contributed by atoms with E-state index in [0.29, 0.717) is 16.4 Å². The summed E-state index contributed by atoms with van der Waals surface area (Å²) in [6.45, 7) is 3.87. The average molecular weight is 352 g/mol. The number of carboxylic acids is 1. The number of aromatic carboxylic acids is 1. The maximum atomic E-state index is 12.8. The molecule has 1 aliphatic rings. The zero-order valence-corrected chi connectivity index (χ0v) is 14.6. The highest BCUT2D eigenvalue weighted by Crippen LogP contribution is 2.29. The van der Waals surface area contributed by atoms with E-state index in [0.717, 1.165) is 16.8 Å². The van der Waals surface area contributed by atoms with Crippen molar-refractivity contribution in [2.24, 2.45) is 0 Å². The molecule has 3 rings (SSSR count). The Labute approximate surface area is 150 Å². The van der Waals surface area contributed by atoms with Gasteiger partial charge in [0.2, 0.25) is 0 Å². The molecule has 1 saturated heterocycles. The predicted molar refractivity (Wildman–Crippen MR) is 101 cm³/mol. The third kappa shape index (κ3) is 3.16. The largest absolute Gasteiger partial charge is 0.478 e. The fourth-order valence-electron chi connectivity index (χ4n) is 2.79. The van der Waals surface area contributed by atoms with Crippen LogP contribution in [0.15, 0.2) is 48.2 Å². The van der Waals surface area contributed by atoms with Gasteiger partial charge >= 0.3 is 5.97 Å². The number of carboxylic acid groups (broad SMARTS) is 1. The second kappa shape index (κ2) is 6.49. The molecule has 0 radical (unpaired) electrons. The van der Waals surface area contributed by atoms with Gasteiger partial charge in [0.25, 0.3) is 5.91 Å². The van der Waals surface area contributed by atoms with Crippen molar-refractivity contribution < 1.29 is 14.7 Å². The number of carbonyl (C=O) groups is 2. The lowest BCUT2D eigenvalue weighted by molar-refractivity contribution is -0.113. The molecular formula is C19H16N2O3S. The number of nitrogens with zero attached hydrogens (tertiary/aromatic N) is 1. The summed E-state index contributed by atoms with van der Waals surface area (Å²) in [6.07, 6.45) is 1.66. The van der Waals surface area contributed by atoms with E-state index >= 15 is 0 Å². The summed E-state index contributed by atoms with van der Waals surface area (Å²) in [6, 6.07) is 12.1. The third-order valence-electron chi connectivity index (χ3n) is 4.01. The molecule has 0 aromatic heterocycles. The van der Waals surface area contributed by atoms with Crippen LogP contribution in [0.4, 0.5) is 5.69 Å². The van der Waals surface area contributed by atoms with Gasteiger partial charge in [-0.15, -0.1) is 0 Å². The molecule has 0 saturated carbocycles. The quantitative estimate of drug-likeness (QED) is 0.655. The molecule has 0 atom stereocenters. The highest BCUT2D eigenvalue weighted by Gasteiger charge is 2.33. The first-order valence-electron chi connectivity index (χ1n) is 7.65. The zero-order valence-electron chi connectivity index (χ0n) is 13.7. The summed E-state index contributed by atoms with van der Waals surface area (Å²) in [5.41, 5.74) is 3.98. The van der Waals surface area contributed by atoms with Gasteiger partial charge in [0.05, 0.1) is 11.3 Å². The summed E-state index contributed by atoms with van der Waals surface area (Å²) in [5, 5.41) is 12.2. The standard InChI is InChI=1S/C19H16N2O3S/c1-11-4-3-5-12(2)16(11)21-17(22)15(20-19(21)25)10-13-6-8-14(9-7-13)18(23)24/h3-10H,1-2H3,(H,20,25)(H,23,24)/b15-10+. The smallest absolute Gasteiger partial charge is 0.335 e. The fraction of sp³-hybridized carbons (Fsp3) is 0.105. The highest BCUT2D eigenvalue weighted by atomic mass is 32.1. The molecule has 0 unspecified atom stereocenters. The number of carbonyl (C=O) groups excluding carboxylic acids is 1. The van der Waals surface area contributed by atoms with Crippen LogP contribution in [0.2, 0.25) is 0 Å². The first-order valence-corrected chi connectivity index (χ1v) is 8.06. The number of hydrogen-bond acceptors (Lipinski definition) is 3. The van der Waals surface area contributed by atoms with Crippen molar-refractivity contribution in [2.75, 3.05) is 4.90 Å². The number of rotatable bonds is 3. The molecule has 2 aromatic carbocycles. The molecular weight excluding hydrogens is 336 g/mol. The van der Waals surface area contributed by atoms with Gasteiger partial charge in [0.15, 0.2) is 5.11 Å². The molecule has 5 nitrogen and oxygen atoms in total. The minimum Gasteiger partial charge on any atom is -0.478 e. The number of anilines is 1. The first kappa shape index (κ1) is 16.9. The summed E-state index contributed by atoms with van der Waals surface area (Å²) in [4.78, 5) is 25.2. The monoisotopic (exact) mass is 352 g/mol. The summed E-state index contributed by atoms with van der Waals surface area (Å²) in [5.74, 6) is -1.22. The highest BCUT2D eigenvalue weighted by molar-refractivity contribution is 7.80. The molecule has 1 fully saturated rings. The lowest BCUT2D eigenvalue weighted by Crippen LogP contribution is -2.31. The van der Waals surface area contributed by atoms with E-state index < -0.39 is 5.97 Å². The summed E-state index contributed by atoms with van der Waals surface area (Å²) < 4.78 is 0. The lowest BCUT2D eigenvalue weighted by Gasteiger charge is -2.19. The summed E-state index contributed by atoms with van der Waals surface area (Å²) in [7, 11) is 0. The Kier molecular flexibility index (Phi) is 4.37. The van der Waals surface area contributed by atoms with Crippen molar-refractivity contribution in [1.29, 1.82) is 0 Å². The van der Waals surface area contributed by atoms with Crippen LogP contribution in [0.3, 0.4) is 0 Å². The SMILES string of the molecule is Cc1cccc(C)c1N1C(=O)/C(=C\c2ccc(C(=O)O)cc2)NC1=S. The topological polar surface area (TPSA) is 69.6 Å². The summed E-state index contributed by atoms with van der Waals surface area (Å²) >= 11 is 5.34. The Bertz CT molecular complexity index is 897. The number of para-hydroxylation sites is 1. The fourth-order valence-corrected chi connectivity index (χ4v) is 3.07. The Morgan fingerprint density at radius 2 is 1.72 bits per heavy atom. The average Bonchev–Trinajstić information content (AvgIpc) is 2.83. The van der Waals surface area contributed by atoms with Gasteiger partial charge in [-0.1, -0.05) is 30.3 Å². The molecule has 126 valence electrons. The first-order chi connectivity index (χ1) is 11.9. The van der Waals surface area contributed by atoms with Gasteiger partial charge in [0, 0.05) is 0 Å². The molecule has 2 N–H and O–H groups in total. The van der Waals surface area contributed by atoms with Crippen LogP contribution in [0.25, 0.3) is 6.08 Å². The zero-order chi connectivity index (χ0) is 18.1. The van der Waals surface area contributed by atoms with E-state index in [2.05, 4.69) is 5.32 Å². The molecule has 2 aromatic rings. The minimum atomic E-state index is -0.989. The normalized spacial score (nSPS) is 15.6. The van der Waals surface area contributed by atoms with Crippen molar-refractivity contribution in [1.82, 2.24) is 5.32 Å². The van der Waals surface area contributed by atoms with Crippen LogP contribution in [0, 0.1) is 13.8 Å². The van der Waals surface area contributed by atoms with Gasteiger partial charge in [0.1, 0.15) is 5.70 Å². The number of hydrogen-bond donors (Lipinski definition) is 2. The Hall–Kier alpha value is -2.99. The molecule has 0 bridgehead atoms. The van der Waals surface area contributed by atoms with E-state index in [4.69, 9.17) is 17.3 Å². The van der Waals surface area contributed by atoms with Crippen LogP contribution >= 0.6 is 12.2 Å². The van der Waals surface area contributed by atoms with Crippen LogP contribution in [0.5, 0.6) is 0 Å². The maximum Gasteiger partial charge on any atom is 0.335 e. The van der Waals surface area contributed by atoms with Gasteiger partial charge in [-0.3, -0.25) is 9.69 Å². The molecule has 25 heavy (non-hydrogen) atoms.